The van der Waals surface area contributed by atoms with Gasteiger partial charge in [-0.1, -0.05) is 27.5 Å². The second-order valence-corrected chi connectivity index (χ2v) is 5.47. The molecule has 0 aliphatic carbocycles. The summed E-state index contributed by atoms with van der Waals surface area (Å²) in [6.07, 6.45) is 0. The summed E-state index contributed by atoms with van der Waals surface area (Å²) in [6.45, 7) is -0.0618. The smallest absolute Gasteiger partial charge is 0.265 e. The first-order chi connectivity index (χ1) is 10.0. The Hall–Kier alpha value is -1.63. The molecule has 3 N–H and O–H groups in total. The van der Waals surface area contributed by atoms with Crippen molar-refractivity contribution in [3.63, 3.8) is 0 Å². The van der Waals surface area contributed by atoms with Crippen LogP contribution in [0.4, 0.5) is 4.39 Å². The number of nitrogens with one attached hydrogen (secondary N) is 1. The predicted octanol–water partition coefficient (Wildman–Crippen LogP) is 3.42. The van der Waals surface area contributed by atoms with Crippen molar-refractivity contribution in [2.45, 2.75) is 6.61 Å². The molecule has 0 bridgehead atoms. The summed E-state index contributed by atoms with van der Waals surface area (Å²) < 4.78 is 20.0. The average Bonchev–Trinajstić information content (AvgIpc) is 2.48. The molecule has 7 heteroatoms. The van der Waals surface area contributed by atoms with E-state index in [9.17, 15) is 9.18 Å². The van der Waals surface area contributed by atoms with Crippen LogP contribution in [0.3, 0.4) is 0 Å². The van der Waals surface area contributed by atoms with E-state index in [1.54, 1.807) is 18.2 Å². The van der Waals surface area contributed by atoms with Gasteiger partial charge >= 0.3 is 0 Å². The highest BCUT2D eigenvalue weighted by Gasteiger charge is 2.10. The third kappa shape index (κ3) is 3.93. The molecule has 0 saturated carbocycles. The molecule has 1 amide bonds. The largest absolute Gasteiger partial charge is 0.487 e. The van der Waals surface area contributed by atoms with E-state index in [1.807, 2.05) is 5.43 Å². The van der Waals surface area contributed by atoms with Crippen LogP contribution in [0.25, 0.3) is 0 Å². The lowest BCUT2D eigenvalue weighted by Gasteiger charge is -2.10. The molecule has 0 radical (unpaired) electrons. The van der Waals surface area contributed by atoms with E-state index in [0.717, 1.165) is 4.47 Å². The zero-order valence-electron chi connectivity index (χ0n) is 10.7. The first-order valence-electron chi connectivity index (χ1n) is 5.88. The highest BCUT2D eigenvalue weighted by atomic mass is 79.9. The second-order valence-electron chi connectivity index (χ2n) is 4.14. The summed E-state index contributed by atoms with van der Waals surface area (Å²) in [5, 5.41) is 0.412. The number of nitrogens with two attached hydrogens (primary N) is 1. The minimum atomic E-state index is -0.503. The van der Waals surface area contributed by atoms with Crippen LogP contribution in [0, 0.1) is 5.82 Å². The lowest BCUT2D eigenvalue weighted by Crippen LogP contribution is -2.30. The number of hydrogen-bond acceptors (Lipinski definition) is 3. The minimum Gasteiger partial charge on any atom is -0.487 e. The Kier molecular flexibility index (Phi) is 5.17. The van der Waals surface area contributed by atoms with Crippen LogP contribution in [0.2, 0.25) is 5.02 Å². The zero-order chi connectivity index (χ0) is 15.4. The van der Waals surface area contributed by atoms with Gasteiger partial charge < -0.3 is 4.74 Å². The number of ether oxygens (including phenoxy) is 1. The van der Waals surface area contributed by atoms with Crippen LogP contribution in [0.5, 0.6) is 5.75 Å². The minimum absolute atomic E-state index is 0.0618. The molecule has 0 aliphatic heterocycles. The Morgan fingerprint density at radius 1 is 1.33 bits per heavy atom. The number of benzene rings is 2. The molecule has 0 unspecified atom stereocenters. The third-order valence-electron chi connectivity index (χ3n) is 2.72. The number of carbonyl (C=O) groups excluding carboxylic acids is 1. The molecule has 2 rings (SSSR count). The summed E-state index contributed by atoms with van der Waals surface area (Å²) in [5.74, 6) is 4.48. The number of hydrazine groups is 1. The molecular formula is C14H11BrClFN2O2. The maximum atomic E-state index is 13.7. The Morgan fingerprint density at radius 3 is 2.81 bits per heavy atom. The number of rotatable bonds is 4. The fourth-order valence-corrected chi connectivity index (χ4v) is 2.17. The number of carbonyl (C=O) groups is 1. The quantitative estimate of drug-likeness (QED) is 0.490. The van der Waals surface area contributed by atoms with Gasteiger partial charge in [-0.25, -0.2) is 10.2 Å². The van der Waals surface area contributed by atoms with Gasteiger partial charge in [0, 0.05) is 15.6 Å². The van der Waals surface area contributed by atoms with Crippen LogP contribution in [-0.2, 0) is 6.61 Å². The molecule has 2 aromatic rings. The molecule has 4 nitrogen and oxygen atoms in total. The molecule has 2 aromatic carbocycles. The molecule has 0 aromatic heterocycles. The summed E-state index contributed by atoms with van der Waals surface area (Å²) in [6, 6.07) is 9.01. The van der Waals surface area contributed by atoms with Crippen molar-refractivity contribution in [3.05, 3.63) is 62.8 Å². The molecule has 110 valence electrons. The van der Waals surface area contributed by atoms with Crippen molar-refractivity contribution >= 4 is 33.4 Å². The van der Waals surface area contributed by atoms with Gasteiger partial charge in [0.2, 0.25) is 0 Å². The Morgan fingerprint density at radius 2 is 2.10 bits per heavy atom. The molecule has 0 heterocycles. The summed E-state index contributed by atoms with van der Waals surface area (Å²) in [4.78, 5) is 11.4. The zero-order valence-corrected chi connectivity index (χ0v) is 13.0. The van der Waals surface area contributed by atoms with Gasteiger partial charge in [-0.2, -0.15) is 0 Å². The van der Waals surface area contributed by atoms with Gasteiger partial charge in [0.15, 0.2) is 0 Å². The normalized spacial score (nSPS) is 10.3. The molecule has 0 fully saturated rings. The van der Waals surface area contributed by atoms with Crippen molar-refractivity contribution in [2.24, 2.45) is 5.84 Å². The fourth-order valence-electron chi connectivity index (χ4n) is 1.65. The predicted molar refractivity (Wildman–Crippen MR) is 81.5 cm³/mol. The SMILES string of the molecule is NNC(=O)c1ccc(F)c(COc2cc(Br)ccc2Cl)c1. The van der Waals surface area contributed by atoms with Crippen LogP contribution in [-0.4, -0.2) is 5.91 Å². The molecular weight excluding hydrogens is 363 g/mol. The lowest BCUT2D eigenvalue weighted by molar-refractivity contribution is 0.0953. The molecule has 0 saturated heterocycles. The number of amides is 1. The summed E-state index contributed by atoms with van der Waals surface area (Å²) in [5.41, 5.74) is 2.47. The Labute approximate surface area is 134 Å². The third-order valence-corrected chi connectivity index (χ3v) is 3.52. The number of hydrogen-bond donors (Lipinski definition) is 2. The van der Waals surface area contributed by atoms with E-state index < -0.39 is 11.7 Å². The monoisotopic (exact) mass is 372 g/mol. The standard InChI is InChI=1S/C14H11BrClFN2O2/c15-10-2-3-11(16)13(6-10)21-7-9-5-8(14(20)19-18)1-4-12(9)17/h1-6H,7,18H2,(H,19,20). The Bertz CT molecular complexity index is 682. The maximum Gasteiger partial charge on any atom is 0.265 e. The molecule has 0 spiro atoms. The van der Waals surface area contributed by atoms with E-state index in [4.69, 9.17) is 22.2 Å². The van der Waals surface area contributed by atoms with Crippen molar-refractivity contribution in [1.29, 1.82) is 0 Å². The van der Waals surface area contributed by atoms with E-state index >= 15 is 0 Å². The van der Waals surface area contributed by atoms with Gasteiger partial charge in [-0.15, -0.1) is 0 Å². The highest BCUT2D eigenvalue weighted by molar-refractivity contribution is 9.10. The van der Waals surface area contributed by atoms with E-state index in [0.29, 0.717) is 10.8 Å². The molecule has 0 atom stereocenters. The van der Waals surface area contributed by atoms with Crippen molar-refractivity contribution in [3.8, 4) is 5.75 Å². The highest BCUT2D eigenvalue weighted by Crippen LogP contribution is 2.28. The van der Waals surface area contributed by atoms with Crippen LogP contribution in [0.15, 0.2) is 40.9 Å². The van der Waals surface area contributed by atoms with Gasteiger partial charge in [0.05, 0.1) is 5.02 Å². The topological polar surface area (TPSA) is 64.3 Å². The number of halogens is 3. The van der Waals surface area contributed by atoms with Crippen LogP contribution >= 0.6 is 27.5 Å². The first-order valence-corrected chi connectivity index (χ1v) is 7.05. The van der Waals surface area contributed by atoms with Gasteiger partial charge in [-0.05, 0) is 36.4 Å². The van der Waals surface area contributed by atoms with E-state index in [1.165, 1.54) is 18.2 Å². The van der Waals surface area contributed by atoms with Crippen molar-refractivity contribution in [2.75, 3.05) is 0 Å². The average molecular weight is 374 g/mol. The maximum absolute atomic E-state index is 13.7. The summed E-state index contributed by atoms with van der Waals surface area (Å²) >= 11 is 9.28. The Balaban J connectivity index is 2.19. The van der Waals surface area contributed by atoms with Crippen LogP contribution < -0.4 is 16.0 Å². The first kappa shape index (κ1) is 15.8. The summed E-state index contributed by atoms with van der Waals surface area (Å²) in [7, 11) is 0. The van der Waals surface area contributed by atoms with E-state index in [-0.39, 0.29) is 17.7 Å². The molecule has 21 heavy (non-hydrogen) atoms. The number of nitrogen functional groups attached to an aromatic ring is 1. The fraction of sp³-hybridized carbons (Fsp3) is 0.0714. The van der Waals surface area contributed by atoms with Crippen molar-refractivity contribution < 1.29 is 13.9 Å². The molecule has 0 aliphatic rings. The second kappa shape index (κ2) is 6.89. The van der Waals surface area contributed by atoms with E-state index in [2.05, 4.69) is 15.9 Å². The van der Waals surface area contributed by atoms with Crippen molar-refractivity contribution in [1.82, 2.24) is 5.43 Å². The van der Waals surface area contributed by atoms with Gasteiger partial charge in [0.1, 0.15) is 18.2 Å². The van der Waals surface area contributed by atoms with Gasteiger partial charge in [-0.3, -0.25) is 10.2 Å². The lowest BCUT2D eigenvalue weighted by atomic mass is 10.1. The van der Waals surface area contributed by atoms with Crippen LogP contribution in [0.1, 0.15) is 15.9 Å². The van der Waals surface area contributed by atoms with Gasteiger partial charge in [0.25, 0.3) is 5.91 Å².